The molecule has 2 aliphatic rings. The molecule has 0 aromatic heterocycles. The lowest BCUT2D eigenvalue weighted by atomic mass is 9.83. The number of guanidine groups is 1. The highest BCUT2D eigenvalue weighted by Gasteiger charge is 2.31. The molecular weight excluding hydrogens is 298 g/mol. The fourth-order valence-electron chi connectivity index (χ4n) is 4.11. The summed E-state index contributed by atoms with van der Waals surface area (Å²) in [7, 11) is 4.11. The molecule has 2 fully saturated rings. The van der Waals surface area contributed by atoms with Gasteiger partial charge < -0.3 is 20.4 Å². The Hall–Kier alpha value is -0.810. The Morgan fingerprint density at radius 3 is 2.54 bits per heavy atom. The van der Waals surface area contributed by atoms with E-state index in [-0.39, 0.29) is 0 Å². The van der Waals surface area contributed by atoms with E-state index in [1.807, 2.05) is 7.05 Å². The molecule has 140 valence electrons. The lowest BCUT2D eigenvalue weighted by Crippen LogP contribution is -2.43. The van der Waals surface area contributed by atoms with Crippen LogP contribution >= 0.6 is 0 Å². The second-order valence-corrected chi connectivity index (χ2v) is 7.77. The number of hydrogen-bond acceptors (Lipinski definition) is 3. The lowest BCUT2D eigenvalue weighted by molar-refractivity contribution is 0.273. The number of rotatable bonds is 7. The van der Waals surface area contributed by atoms with Crippen molar-refractivity contribution in [2.45, 2.75) is 51.9 Å². The summed E-state index contributed by atoms with van der Waals surface area (Å²) in [4.78, 5) is 9.44. The molecule has 0 radical (unpaired) electrons. The molecule has 0 atom stereocenters. The Morgan fingerprint density at radius 2 is 1.83 bits per heavy atom. The van der Waals surface area contributed by atoms with E-state index < -0.39 is 0 Å². The van der Waals surface area contributed by atoms with Crippen molar-refractivity contribution >= 4 is 5.96 Å². The monoisotopic (exact) mass is 337 g/mol. The normalized spacial score (nSPS) is 23.2. The van der Waals surface area contributed by atoms with Crippen LogP contribution < -0.4 is 10.6 Å². The first-order valence-electron chi connectivity index (χ1n) is 10.0. The zero-order valence-electron chi connectivity index (χ0n) is 16.2. The van der Waals surface area contributed by atoms with Crippen LogP contribution in [0.3, 0.4) is 0 Å². The lowest BCUT2D eigenvalue weighted by Gasteiger charge is -2.28. The zero-order valence-corrected chi connectivity index (χ0v) is 16.2. The van der Waals surface area contributed by atoms with Gasteiger partial charge in [0.05, 0.1) is 0 Å². The van der Waals surface area contributed by atoms with Crippen molar-refractivity contribution in [1.29, 1.82) is 0 Å². The minimum absolute atomic E-state index is 0.510. The van der Waals surface area contributed by atoms with Crippen molar-refractivity contribution < 1.29 is 0 Å². The second kappa shape index (κ2) is 10.2. The minimum atomic E-state index is 0.510. The molecule has 5 nitrogen and oxygen atoms in total. The van der Waals surface area contributed by atoms with Crippen LogP contribution in [0.15, 0.2) is 4.99 Å². The maximum absolute atomic E-state index is 4.40. The molecule has 1 saturated heterocycles. The van der Waals surface area contributed by atoms with E-state index in [9.17, 15) is 0 Å². The summed E-state index contributed by atoms with van der Waals surface area (Å²) in [6.45, 7) is 10.5. The van der Waals surface area contributed by atoms with Crippen molar-refractivity contribution in [3.63, 3.8) is 0 Å². The molecule has 0 aromatic rings. The average molecular weight is 338 g/mol. The highest BCUT2D eigenvalue weighted by Crippen LogP contribution is 2.40. The van der Waals surface area contributed by atoms with Crippen LogP contribution in [0.25, 0.3) is 0 Å². The van der Waals surface area contributed by atoms with Gasteiger partial charge >= 0.3 is 0 Å². The van der Waals surface area contributed by atoms with Gasteiger partial charge in [-0.2, -0.15) is 0 Å². The van der Waals surface area contributed by atoms with E-state index in [0.29, 0.717) is 5.41 Å². The van der Waals surface area contributed by atoms with Crippen LogP contribution in [-0.2, 0) is 0 Å². The summed E-state index contributed by atoms with van der Waals surface area (Å²) in [6.07, 6.45) is 9.29. The number of likely N-dealkylation sites (N-methyl/N-ethyl adjacent to an activating group) is 1. The molecule has 1 aliphatic heterocycles. The first-order chi connectivity index (χ1) is 11.7. The molecule has 24 heavy (non-hydrogen) atoms. The fraction of sp³-hybridized carbons (Fsp3) is 0.947. The van der Waals surface area contributed by atoms with Gasteiger partial charge in [-0.3, -0.25) is 4.99 Å². The third-order valence-electron chi connectivity index (χ3n) is 6.02. The molecule has 0 unspecified atom stereocenters. The summed E-state index contributed by atoms with van der Waals surface area (Å²) in [6, 6.07) is 0. The SMILES string of the molecule is CCC1(CNC(=NC)NCCCN2CCCN(C)CC2)CCCC1. The standard InChI is InChI=1S/C19H39N5/c1-4-19(9-5-6-10-19)17-22-18(20-2)21-11-7-13-24-14-8-12-23(3)15-16-24/h4-17H2,1-3H3,(H2,20,21,22). The van der Waals surface area contributed by atoms with Gasteiger partial charge in [0.15, 0.2) is 5.96 Å². The van der Waals surface area contributed by atoms with Crippen LogP contribution in [0.2, 0.25) is 0 Å². The van der Waals surface area contributed by atoms with E-state index >= 15 is 0 Å². The molecule has 5 heteroatoms. The van der Waals surface area contributed by atoms with Gasteiger partial charge in [0.25, 0.3) is 0 Å². The quantitative estimate of drug-likeness (QED) is 0.424. The smallest absolute Gasteiger partial charge is 0.190 e. The van der Waals surface area contributed by atoms with Gasteiger partial charge in [0, 0.05) is 33.2 Å². The van der Waals surface area contributed by atoms with Gasteiger partial charge in [-0.15, -0.1) is 0 Å². The second-order valence-electron chi connectivity index (χ2n) is 7.77. The summed E-state index contributed by atoms with van der Waals surface area (Å²) < 4.78 is 0. The number of aliphatic imine (C=N–C) groups is 1. The highest BCUT2D eigenvalue weighted by atomic mass is 15.2. The predicted molar refractivity (Wildman–Crippen MR) is 104 cm³/mol. The van der Waals surface area contributed by atoms with Gasteiger partial charge in [0.1, 0.15) is 0 Å². The predicted octanol–water partition coefficient (Wildman–Crippen LogP) is 2.15. The van der Waals surface area contributed by atoms with E-state index in [1.165, 1.54) is 77.7 Å². The molecule has 1 saturated carbocycles. The Labute approximate surface area is 149 Å². The molecule has 0 spiro atoms. The van der Waals surface area contributed by atoms with Gasteiger partial charge in [-0.1, -0.05) is 19.8 Å². The number of nitrogens with zero attached hydrogens (tertiary/aromatic N) is 3. The maximum atomic E-state index is 4.40. The Morgan fingerprint density at radius 1 is 1.04 bits per heavy atom. The Bertz CT molecular complexity index is 376. The largest absolute Gasteiger partial charge is 0.356 e. The van der Waals surface area contributed by atoms with Gasteiger partial charge in [0.2, 0.25) is 0 Å². The summed E-state index contributed by atoms with van der Waals surface area (Å²) in [5, 5.41) is 7.08. The number of hydrogen-bond donors (Lipinski definition) is 2. The van der Waals surface area contributed by atoms with E-state index in [1.54, 1.807) is 0 Å². The molecule has 1 aliphatic carbocycles. The summed E-state index contributed by atoms with van der Waals surface area (Å²) >= 11 is 0. The van der Waals surface area contributed by atoms with Crippen LogP contribution in [-0.4, -0.2) is 75.7 Å². The molecule has 0 aromatic carbocycles. The van der Waals surface area contributed by atoms with Crippen molar-refractivity contribution in [3.05, 3.63) is 0 Å². The van der Waals surface area contributed by atoms with Crippen LogP contribution in [0.1, 0.15) is 51.9 Å². The third-order valence-corrected chi connectivity index (χ3v) is 6.02. The van der Waals surface area contributed by atoms with Gasteiger partial charge in [-0.25, -0.2) is 0 Å². The van der Waals surface area contributed by atoms with Crippen LogP contribution in [0.4, 0.5) is 0 Å². The summed E-state index contributed by atoms with van der Waals surface area (Å²) in [5.74, 6) is 0.977. The third kappa shape index (κ3) is 6.25. The Kier molecular flexibility index (Phi) is 8.33. The topological polar surface area (TPSA) is 42.9 Å². The van der Waals surface area contributed by atoms with E-state index in [4.69, 9.17) is 0 Å². The summed E-state index contributed by atoms with van der Waals surface area (Å²) in [5.41, 5.74) is 0.510. The highest BCUT2D eigenvalue weighted by molar-refractivity contribution is 5.79. The van der Waals surface area contributed by atoms with Crippen LogP contribution in [0.5, 0.6) is 0 Å². The minimum Gasteiger partial charge on any atom is -0.356 e. The Balaban J connectivity index is 1.61. The molecule has 1 heterocycles. The average Bonchev–Trinajstić information content (AvgIpc) is 2.98. The molecule has 0 amide bonds. The fourth-order valence-corrected chi connectivity index (χ4v) is 4.11. The van der Waals surface area contributed by atoms with Crippen molar-refractivity contribution in [2.75, 3.05) is 59.9 Å². The zero-order chi connectivity index (χ0) is 17.3. The molecule has 0 bridgehead atoms. The van der Waals surface area contributed by atoms with Crippen molar-refractivity contribution in [1.82, 2.24) is 20.4 Å². The van der Waals surface area contributed by atoms with E-state index in [0.717, 1.165) is 19.0 Å². The van der Waals surface area contributed by atoms with E-state index in [2.05, 4.69) is 39.4 Å². The molecular formula is C19H39N5. The first-order valence-corrected chi connectivity index (χ1v) is 10.0. The molecule has 2 rings (SSSR count). The van der Waals surface area contributed by atoms with Gasteiger partial charge in [-0.05, 0) is 64.2 Å². The first kappa shape index (κ1) is 19.5. The van der Waals surface area contributed by atoms with Crippen LogP contribution in [0, 0.1) is 5.41 Å². The van der Waals surface area contributed by atoms with Crippen molar-refractivity contribution in [2.24, 2.45) is 10.4 Å². The molecule has 2 N–H and O–H groups in total. The van der Waals surface area contributed by atoms with Crippen molar-refractivity contribution in [3.8, 4) is 0 Å². The number of nitrogens with one attached hydrogen (secondary N) is 2. The maximum Gasteiger partial charge on any atom is 0.190 e.